The number of hydrogen-bond donors (Lipinski definition) is 2. The number of carbonyl (C=O) groups is 1. The summed E-state index contributed by atoms with van der Waals surface area (Å²) < 4.78 is 18.1. The Kier molecular flexibility index (Phi) is 3.47. The Morgan fingerprint density at radius 3 is 2.89 bits per heavy atom. The minimum atomic E-state index is -0.557. The van der Waals surface area contributed by atoms with Gasteiger partial charge >= 0.3 is 5.97 Å². The molecule has 1 heterocycles. The second-order valence-corrected chi connectivity index (χ2v) is 3.75. The molecule has 0 saturated carbocycles. The van der Waals surface area contributed by atoms with Crippen LogP contribution in [0.1, 0.15) is 22.8 Å². The monoisotopic (exact) mass is 251 g/mol. The van der Waals surface area contributed by atoms with Crippen molar-refractivity contribution in [1.82, 2.24) is 16.0 Å². The summed E-state index contributed by atoms with van der Waals surface area (Å²) in [5, 5.41) is 1.80. The predicted molar refractivity (Wildman–Crippen MR) is 64.4 cm³/mol. The quantitative estimate of drug-likeness (QED) is 0.792. The van der Waals surface area contributed by atoms with E-state index in [2.05, 4.69) is 15.7 Å². The van der Waals surface area contributed by atoms with Crippen LogP contribution in [0.15, 0.2) is 24.4 Å². The third-order valence-corrected chi connectivity index (χ3v) is 2.63. The molecule has 1 aromatic rings. The lowest BCUT2D eigenvalue weighted by Crippen LogP contribution is -2.36. The molecule has 5 nitrogen and oxygen atoms in total. The van der Waals surface area contributed by atoms with Crippen LogP contribution in [-0.4, -0.2) is 24.6 Å². The van der Waals surface area contributed by atoms with Crippen LogP contribution < -0.4 is 11.0 Å². The highest BCUT2D eigenvalue weighted by atomic mass is 19.1. The number of benzene rings is 1. The highest BCUT2D eigenvalue weighted by Gasteiger charge is 2.17. The number of rotatable bonds is 3. The summed E-state index contributed by atoms with van der Waals surface area (Å²) in [4.78, 5) is 11.4. The van der Waals surface area contributed by atoms with E-state index < -0.39 is 11.8 Å². The molecule has 18 heavy (non-hydrogen) atoms. The summed E-state index contributed by atoms with van der Waals surface area (Å²) in [5.41, 5.74) is 7.28. The van der Waals surface area contributed by atoms with Gasteiger partial charge in [-0.25, -0.2) is 9.18 Å². The van der Waals surface area contributed by atoms with Gasteiger partial charge in [-0.15, -0.1) is 5.53 Å². The van der Waals surface area contributed by atoms with Gasteiger partial charge in [-0.05, 0) is 25.1 Å². The molecule has 0 amide bonds. The Hall–Kier alpha value is -2.08. The summed E-state index contributed by atoms with van der Waals surface area (Å²) in [7, 11) is 1.27. The maximum atomic E-state index is 13.5. The van der Waals surface area contributed by atoms with Crippen LogP contribution in [0.4, 0.5) is 4.39 Å². The van der Waals surface area contributed by atoms with Gasteiger partial charge < -0.3 is 10.2 Å². The van der Waals surface area contributed by atoms with Crippen molar-refractivity contribution in [2.75, 3.05) is 13.7 Å². The van der Waals surface area contributed by atoms with Crippen molar-refractivity contribution in [2.45, 2.75) is 6.92 Å². The summed E-state index contributed by atoms with van der Waals surface area (Å²) in [6, 6.07) is 4.12. The highest BCUT2D eigenvalue weighted by Crippen LogP contribution is 2.22. The summed E-state index contributed by atoms with van der Waals surface area (Å²) in [5.74, 6) is -1.03. The van der Waals surface area contributed by atoms with Crippen molar-refractivity contribution in [3.05, 3.63) is 41.3 Å². The SMILES string of the molecule is CCN1NNC=C1c1cc(F)cc(C(=O)OC)c1. The van der Waals surface area contributed by atoms with Gasteiger partial charge in [-0.1, -0.05) is 0 Å². The largest absolute Gasteiger partial charge is 0.465 e. The standard InChI is InChI=1S/C12H14FN3O2/c1-3-16-11(7-14-15-16)8-4-9(12(17)18-2)6-10(13)5-8/h4-7,14-15H,3H2,1-2H3. The Bertz CT molecular complexity index is 502. The van der Waals surface area contributed by atoms with Crippen LogP contribution in [0.5, 0.6) is 0 Å². The predicted octanol–water partition coefficient (Wildman–Crippen LogP) is 1.26. The van der Waals surface area contributed by atoms with Gasteiger partial charge in [0.25, 0.3) is 0 Å². The molecule has 0 fully saturated rings. The third kappa shape index (κ3) is 2.28. The molecule has 0 bridgehead atoms. The molecular weight excluding hydrogens is 237 g/mol. The number of nitrogens with one attached hydrogen (secondary N) is 2. The normalized spacial score (nSPS) is 14.2. The van der Waals surface area contributed by atoms with Crippen LogP contribution in [0.2, 0.25) is 0 Å². The van der Waals surface area contributed by atoms with E-state index in [4.69, 9.17) is 0 Å². The van der Waals surface area contributed by atoms with E-state index in [9.17, 15) is 9.18 Å². The van der Waals surface area contributed by atoms with Crippen LogP contribution in [0.3, 0.4) is 0 Å². The molecule has 6 heteroatoms. The van der Waals surface area contributed by atoms with E-state index >= 15 is 0 Å². The molecule has 1 aliphatic rings. The lowest BCUT2D eigenvalue weighted by molar-refractivity contribution is 0.0600. The Morgan fingerprint density at radius 2 is 2.22 bits per heavy atom. The zero-order valence-electron chi connectivity index (χ0n) is 10.2. The first-order chi connectivity index (χ1) is 8.65. The van der Waals surface area contributed by atoms with Crippen LogP contribution in [0, 0.1) is 5.82 Å². The third-order valence-electron chi connectivity index (χ3n) is 2.63. The number of halogens is 1. The van der Waals surface area contributed by atoms with Crippen molar-refractivity contribution in [1.29, 1.82) is 0 Å². The minimum Gasteiger partial charge on any atom is -0.465 e. The fraction of sp³-hybridized carbons (Fsp3) is 0.250. The zero-order valence-corrected chi connectivity index (χ0v) is 10.2. The van der Waals surface area contributed by atoms with Gasteiger partial charge in [0.15, 0.2) is 0 Å². The second-order valence-electron chi connectivity index (χ2n) is 3.75. The minimum absolute atomic E-state index is 0.191. The molecule has 0 atom stereocenters. The molecule has 2 rings (SSSR count). The molecule has 0 spiro atoms. The van der Waals surface area contributed by atoms with Gasteiger partial charge in [0.1, 0.15) is 5.82 Å². The molecular formula is C12H14FN3O2. The van der Waals surface area contributed by atoms with Gasteiger partial charge in [0, 0.05) is 18.3 Å². The van der Waals surface area contributed by atoms with Gasteiger partial charge in [-0.3, -0.25) is 5.01 Å². The molecule has 0 unspecified atom stereocenters. The molecule has 1 aromatic carbocycles. The first kappa shape index (κ1) is 12.4. The molecule has 0 radical (unpaired) electrons. The molecule has 0 aromatic heterocycles. The molecule has 96 valence electrons. The van der Waals surface area contributed by atoms with Gasteiger partial charge in [-0.2, -0.15) is 0 Å². The maximum absolute atomic E-state index is 13.5. The molecule has 1 aliphatic heterocycles. The van der Waals surface area contributed by atoms with Crippen molar-refractivity contribution in [3.63, 3.8) is 0 Å². The van der Waals surface area contributed by atoms with Crippen molar-refractivity contribution >= 4 is 11.7 Å². The smallest absolute Gasteiger partial charge is 0.337 e. The fourth-order valence-corrected chi connectivity index (χ4v) is 1.78. The highest BCUT2D eigenvalue weighted by molar-refractivity contribution is 5.90. The zero-order chi connectivity index (χ0) is 13.1. The average Bonchev–Trinajstić information content (AvgIpc) is 2.85. The number of nitrogens with zero attached hydrogens (tertiary/aromatic N) is 1. The number of hydrazine groups is 2. The van der Waals surface area contributed by atoms with E-state index in [0.717, 1.165) is 11.8 Å². The lowest BCUT2D eigenvalue weighted by Gasteiger charge is -2.19. The number of hydrogen-bond acceptors (Lipinski definition) is 5. The van der Waals surface area contributed by atoms with Gasteiger partial charge in [0.05, 0.1) is 18.4 Å². The van der Waals surface area contributed by atoms with E-state index in [-0.39, 0.29) is 5.56 Å². The molecule has 0 aliphatic carbocycles. The number of carbonyl (C=O) groups excluding carboxylic acids is 1. The number of methoxy groups -OCH3 is 1. The van der Waals surface area contributed by atoms with Crippen molar-refractivity contribution in [3.8, 4) is 0 Å². The average molecular weight is 251 g/mol. The maximum Gasteiger partial charge on any atom is 0.337 e. The van der Waals surface area contributed by atoms with Crippen LogP contribution in [-0.2, 0) is 4.74 Å². The Labute approximate surface area is 104 Å². The van der Waals surface area contributed by atoms with E-state index in [1.807, 2.05) is 6.92 Å². The van der Waals surface area contributed by atoms with E-state index in [1.54, 1.807) is 17.3 Å². The number of esters is 1. The van der Waals surface area contributed by atoms with Gasteiger partial charge in [0.2, 0.25) is 0 Å². The first-order valence-corrected chi connectivity index (χ1v) is 5.54. The van der Waals surface area contributed by atoms with Crippen LogP contribution in [0.25, 0.3) is 5.70 Å². The topological polar surface area (TPSA) is 53.6 Å². The van der Waals surface area contributed by atoms with Crippen LogP contribution >= 0.6 is 0 Å². The first-order valence-electron chi connectivity index (χ1n) is 5.54. The molecule has 0 saturated heterocycles. The summed E-state index contributed by atoms with van der Waals surface area (Å²) in [6.07, 6.45) is 1.71. The summed E-state index contributed by atoms with van der Waals surface area (Å²) in [6.45, 7) is 2.65. The van der Waals surface area contributed by atoms with E-state index in [1.165, 1.54) is 13.2 Å². The van der Waals surface area contributed by atoms with E-state index in [0.29, 0.717) is 12.1 Å². The van der Waals surface area contributed by atoms with Crippen molar-refractivity contribution in [2.24, 2.45) is 0 Å². The summed E-state index contributed by atoms with van der Waals surface area (Å²) >= 11 is 0. The second kappa shape index (κ2) is 5.05. The van der Waals surface area contributed by atoms with Crippen molar-refractivity contribution < 1.29 is 13.9 Å². The fourth-order valence-electron chi connectivity index (χ4n) is 1.78. The molecule has 2 N–H and O–H groups in total. The lowest BCUT2D eigenvalue weighted by atomic mass is 10.1. The number of ether oxygens (including phenoxy) is 1. The Morgan fingerprint density at radius 1 is 1.44 bits per heavy atom. The Balaban J connectivity index is 2.39.